The Morgan fingerprint density at radius 3 is 3.00 bits per heavy atom. The van der Waals surface area contributed by atoms with Crippen LogP contribution in [0, 0.1) is 0 Å². The molecule has 4 nitrogen and oxygen atoms in total. The molecule has 94 valence electrons. The molecule has 0 radical (unpaired) electrons. The van der Waals surface area contributed by atoms with Crippen molar-refractivity contribution in [1.82, 2.24) is 15.3 Å². The summed E-state index contributed by atoms with van der Waals surface area (Å²) < 4.78 is 0. The maximum absolute atomic E-state index is 4.43. The van der Waals surface area contributed by atoms with Crippen molar-refractivity contribution in [2.45, 2.75) is 39.2 Å². The largest absolute Gasteiger partial charge is 0.351 e. The number of aromatic nitrogens is 2. The van der Waals surface area contributed by atoms with Gasteiger partial charge in [0.1, 0.15) is 12.1 Å². The van der Waals surface area contributed by atoms with E-state index >= 15 is 0 Å². The fourth-order valence-corrected chi connectivity index (χ4v) is 2.26. The highest BCUT2D eigenvalue weighted by Gasteiger charge is 2.22. The summed E-state index contributed by atoms with van der Waals surface area (Å²) in [4.78, 5) is 11.2. The van der Waals surface area contributed by atoms with E-state index in [1.54, 1.807) is 6.33 Å². The molecule has 1 aliphatic heterocycles. The van der Waals surface area contributed by atoms with Crippen LogP contribution in [0.5, 0.6) is 0 Å². The Hall–Kier alpha value is -1.16. The van der Waals surface area contributed by atoms with Gasteiger partial charge in [0, 0.05) is 37.4 Å². The van der Waals surface area contributed by atoms with E-state index < -0.39 is 0 Å². The van der Waals surface area contributed by atoms with Crippen molar-refractivity contribution >= 4 is 5.82 Å². The first-order valence-electron chi connectivity index (χ1n) is 6.51. The number of nitrogens with one attached hydrogen (secondary N) is 1. The van der Waals surface area contributed by atoms with E-state index in [1.165, 1.54) is 0 Å². The standard InChI is InChI=1S/C13H22N4/c1-4-11-8-14-5-6-17(11)13-7-12(10(2)3)15-9-16-13/h7,9-11,14H,4-6,8H2,1-3H3. The lowest BCUT2D eigenvalue weighted by molar-refractivity contribution is 0.462. The quantitative estimate of drug-likeness (QED) is 0.865. The van der Waals surface area contributed by atoms with E-state index in [1.807, 2.05) is 0 Å². The molecule has 1 N–H and O–H groups in total. The minimum Gasteiger partial charge on any atom is -0.351 e. The Kier molecular flexibility index (Phi) is 3.94. The van der Waals surface area contributed by atoms with Gasteiger partial charge in [0.15, 0.2) is 0 Å². The molecule has 0 bridgehead atoms. The lowest BCUT2D eigenvalue weighted by Gasteiger charge is -2.36. The molecular weight excluding hydrogens is 212 g/mol. The maximum atomic E-state index is 4.43. The lowest BCUT2D eigenvalue weighted by Crippen LogP contribution is -2.51. The molecule has 0 saturated carbocycles. The predicted molar refractivity (Wildman–Crippen MR) is 70.4 cm³/mol. The third-order valence-electron chi connectivity index (χ3n) is 3.38. The van der Waals surface area contributed by atoms with E-state index in [0.717, 1.165) is 37.6 Å². The van der Waals surface area contributed by atoms with Gasteiger partial charge in [-0.15, -0.1) is 0 Å². The molecule has 1 fully saturated rings. The van der Waals surface area contributed by atoms with Gasteiger partial charge in [0.25, 0.3) is 0 Å². The molecule has 0 amide bonds. The highest BCUT2D eigenvalue weighted by molar-refractivity contribution is 5.41. The van der Waals surface area contributed by atoms with Gasteiger partial charge in [-0.2, -0.15) is 0 Å². The zero-order valence-corrected chi connectivity index (χ0v) is 11.0. The summed E-state index contributed by atoms with van der Waals surface area (Å²) in [5.74, 6) is 1.54. The second kappa shape index (κ2) is 5.45. The van der Waals surface area contributed by atoms with Crippen LogP contribution in [-0.4, -0.2) is 35.6 Å². The second-order valence-electron chi connectivity index (χ2n) is 4.92. The summed E-state index contributed by atoms with van der Waals surface area (Å²) >= 11 is 0. The van der Waals surface area contributed by atoms with Crippen LogP contribution in [0.2, 0.25) is 0 Å². The number of nitrogens with zero attached hydrogens (tertiary/aromatic N) is 3. The third kappa shape index (κ3) is 2.75. The molecule has 2 rings (SSSR count). The topological polar surface area (TPSA) is 41.0 Å². The fraction of sp³-hybridized carbons (Fsp3) is 0.692. The molecule has 1 aromatic heterocycles. The molecular formula is C13H22N4. The smallest absolute Gasteiger partial charge is 0.132 e. The summed E-state index contributed by atoms with van der Waals surface area (Å²) in [5.41, 5.74) is 1.13. The first kappa shape index (κ1) is 12.3. The van der Waals surface area contributed by atoms with Crippen LogP contribution >= 0.6 is 0 Å². The zero-order chi connectivity index (χ0) is 12.3. The average molecular weight is 234 g/mol. The Morgan fingerprint density at radius 2 is 2.29 bits per heavy atom. The summed E-state index contributed by atoms with van der Waals surface area (Å²) in [7, 11) is 0. The van der Waals surface area contributed by atoms with Gasteiger partial charge in [0.2, 0.25) is 0 Å². The van der Waals surface area contributed by atoms with Crippen LogP contribution < -0.4 is 10.2 Å². The molecule has 1 unspecified atom stereocenters. The van der Waals surface area contributed by atoms with Crippen molar-refractivity contribution in [2.24, 2.45) is 0 Å². The molecule has 1 saturated heterocycles. The Balaban J connectivity index is 2.22. The van der Waals surface area contributed by atoms with Gasteiger partial charge in [-0.1, -0.05) is 20.8 Å². The van der Waals surface area contributed by atoms with Gasteiger partial charge in [0.05, 0.1) is 0 Å². The number of piperazine rings is 1. The van der Waals surface area contributed by atoms with Crippen molar-refractivity contribution in [3.8, 4) is 0 Å². The van der Waals surface area contributed by atoms with Gasteiger partial charge in [-0.05, 0) is 12.3 Å². The first-order chi connectivity index (χ1) is 8.22. The fourth-order valence-electron chi connectivity index (χ4n) is 2.26. The van der Waals surface area contributed by atoms with E-state index in [4.69, 9.17) is 0 Å². The first-order valence-corrected chi connectivity index (χ1v) is 6.51. The highest BCUT2D eigenvalue weighted by Crippen LogP contribution is 2.20. The Morgan fingerprint density at radius 1 is 1.47 bits per heavy atom. The van der Waals surface area contributed by atoms with Crippen molar-refractivity contribution < 1.29 is 0 Å². The van der Waals surface area contributed by atoms with Crippen LogP contribution in [0.3, 0.4) is 0 Å². The summed E-state index contributed by atoms with van der Waals surface area (Å²) in [6, 6.07) is 2.69. The summed E-state index contributed by atoms with van der Waals surface area (Å²) in [6.07, 6.45) is 2.84. The van der Waals surface area contributed by atoms with Gasteiger partial charge < -0.3 is 10.2 Å². The van der Waals surface area contributed by atoms with Crippen LogP contribution in [0.25, 0.3) is 0 Å². The van der Waals surface area contributed by atoms with Crippen LogP contribution in [0.1, 0.15) is 38.8 Å². The molecule has 1 atom stereocenters. The van der Waals surface area contributed by atoms with Crippen LogP contribution in [-0.2, 0) is 0 Å². The van der Waals surface area contributed by atoms with E-state index in [2.05, 4.69) is 47.0 Å². The van der Waals surface area contributed by atoms with Gasteiger partial charge >= 0.3 is 0 Å². The minimum absolute atomic E-state index is 0.458. The molecule has 1 aliphatic rings. The molecule has 4 heteroatoms. The summed E-state index contributed by atoms with van der Waals surface area (Å²) in [6.45, 7) is 9.69. The van der Waals surface area contributed by atoms with E-state index in [9.17, 15) is 0 Å². The predicted octanol–water partition coefficient (Wildman–Crippen LogP) is 1.79. The Labute approximate surface area is 103 Å². The van der Waals surface area contributed by atoms with Crippen LogP contribution in [0.4, 0.5) is 5.82 Å². The van der Waals surface area contributed by atoms with Crippen molar-refractivity contribution in [3.63, 3.8) is 0 Å². The highest BCUT2D eigenvalue weighted by atomic mass is 15.3. The normalized spacial score (nSPS) is 20.9. The summed E-state index contributed by atoms with van der Waals surface area (Å²) in [5, 5.41) is 3.44. The second-order valence-corrected chi connectivity index (χ2v) is 4.92. The molecule has 0 aliphatic carbocycles. The Bertz CT molecular complexity index is 364. The monoisotopic (exact) mass is 234 g/mol. The zero-order valence-electron chi connectivity index (χ0n) is 11.0. The number of rotatable bonds is 3. The molecule has 0 aromatic carbocycles. The number of anilines is 1. The van der Waals surface area contributed by atoms with Crippen molar-refractivity contribution in [3.05, 3.63) is 18.1 Å². The third-order valence-corrected chi connectivity index (χ3v) is 3.38. The van der Waals surface area contributed by atoms with Gasteiger partial charge in [-0.3, -0.25) is 0 Å². The SMILES string of the molecule is CCC1CNCCN1c1cc(C(C)C)ncn1. The van der Waals surface area contributed by atoms with Crippen LogP contribution in [0.15, 0.2) is 12.4 Å². The number of hydrogen-bond donors (Lipinski definition) is 1. The van der Waals surface area contributed by atoms with Crippen molar-refractivity contribution in [2.75, 3.05) is 24.5 Å². The molecule has 17 heavy (non-hydrogen) atoms. The molecule has 1 aromatic rings. The average Bonchev–Trinajstić information content (AvgIpc) is 2.39. The van der Waals surface area contributed by atoms with Crippen molar-refractivity contribution in [1.29, 1.82) is 0 Å². The maximum Gasteiger partial charge on any atom is 0.132 e. The minimum atomic E-state index is 0.458. The van der Waals surface area contributed by atoms with E-state index in [0.29, 0.717) is 12.0 Å². The molecule has 2 heterocycles. The van der Waals surface area contributed by atoms with Gasteiger partial charge in [-0.25, -0.2) is 9.97 Å². The lowest BCUT2D eigenvalue weighted by atomic mass is 10.1. The van der Waals surface area contributed by atoms with E-state index in [-0.39, 0.29) is 0 Å². The molecule has 0 spiro atoms. The number of hydrogen-bond acceptors (Lipinski definition) is 4.